The second-order valence-electron chi connectivity index (χ2n) is 4.68. The van der Waals surface area contributed by atoms with E-state index in [0.717, 1.165) is 38.5 Å². The molecule has 0 bridgehead atoms. The van der Waals surface area contributed by atoms with E-state index in [4.69, 9.17) is 13.6 Å². The zero-order chi connectivity index (χ0) is 13.7. The predicted octanol–water partition coefficient (Wildman–Crippen LogP) is 4.24. The molecule has 0 rings (SSSR count). The van der Waals surface area contributed by atoms with Crippen molar-refractivity contribution in [1.82, 2.24) is 0 Å². The van der Waals surface area contributed by atoms with Gasteiger partial charge in [-0.25, -0.2) is 0 Å². The van der Waals surface area contributed by atoms with Crippen LogP contribution in [0.25, 0.3) is 0 Å². The predicted molar refractivity (Wildman–Crippen MR) is 78.9 cm³/mol. The molecule has 0 N–H and O–H groups in total. The van der Waals surface area contributed by atoms with Crippen LogP contribution in [0.5, 0.6) is 0 Å². The van der Waals surface area contributed by atoms with Gasteiger partial charge in [0.2, 0.25) is 0 Å². The number of rotatable bonds is 13. The highest BCUT2D eigenvalue weighted by atomic mass is 28.4. The highest BCUT2D eigenvalue weighted by Gasteiger charge is 2.30. The summed E-state index contributed by atoms with van der Waals surface area (Å²) in [4.78, 5) is 0. The maximum Gasteiger partial charge on any atom is 0.335 e. The quantitative estimate of drug-likeness (QED) is 0.285. The van der Waals surface area contributed by atoms with Gasteiger partial charge >= 0.3 is 8.56 Å². The average molecular weight is 274 g/mol. The molecule has 0 aliphatic heterocycles. The molecule has 108 valence electrons. The lowest BCUT2D eigenvalue weighted by Crippen LogP contribution is -2.39. The highest BCUT2D eigenvalue weighted by molar-refractivity contribution is 6.66. The van der Waals surface area contributed by atoms with E-state index in [-0.39, 0.29) is 0 Å². The van der Waals surface area contributed by atoms with Gasteiger partial charge in [0.15, 0.2) is 0 Å². The lowest BCUT2D eigenvalue weighted by atomic mass is 10.4. The monoisotopic (exact) mass is 274 g/mol. The Hall–Kier alpha value is -0.323. The van der Waals surface area contributed by atoms with Gasteiger partial charge in [-0.2, -0.15) is 0 Å². The van der Waals surface area contributed by atoms with Crippen molar-refractivity contribution < 1.29 is 13.6 Å². The third-order valence-corrected chi connectivity index (χ3v) is 5.71. The van der Waals surface area contributed by atoms with Crippen molar-refractivity contribution in [2.24, 2.45) is 0 Å². The Morgan fingerprint density at radius 2 is 1.50 bits per heavy atom. The van der Waals surface area contributed by atoms with Gasteiger partial charge in [-0.15, -0.1) is 0 Å². The second kappa shape index (κ2) is 11.7. The van der Waals surface area contributed by atoms with Gasteiger partial charge in [-0.05, 0) is 31.9 Å². The van der Waals surface area contributed by atoms with Gasteiger partial charge in [-0.3, -0.25) is 0 Å². The van der Waals surface area contributed by atoms with Crippen LogP contribution in [0.3, 0.4) is 0 Å². The molecule has 3 nitrogen and oxygen atoms in total. The fourth-order valence-electron chi connectivity index (χ4n) is 1.61. The van der Waals surface area contributed by atoms with E-state index in [1.54, 1.807) is 0 Å². The molecule has 0 unspecified atom stereocenters. The van der Waals surface area contributed by atoms with Gasteiger partial charge in [0.1, 0.15) is 0 Å². The first-order chi connectivity index (χ1) is 8.68. The minimum Gasteiger partial charge on any atom is -0.502 e. The molecule has 0 saturated carbocycles. The number of ether oxygens (including phenoxy) is 1. The molecule has 0 aliphatic carbocycles. The number of unbranched alkanes of at least 4 members (excludes halogenated alkanes) is 2. The standard InChI is InChI=1S/C14H30O3Si/c1-5-8-12-16-18(4,17-13-9-6-2)14-10-11-15-7-3/h7H,3,5-6,8-14H2,1-2,4H3. The van der Waals surface area contributed by atoms with Gasteiger partial charge in [0.05, 0.1) is 12.9 Å². The molecule has 0 aromatic carbocycles. The fraction of sp³-hybridized carbons (Fsp3) is 0.857. The van der Waals surface area contributed by atoms with Gasteiger partial charge in [-0.1, -0.05) is 33.3 Å². The van der Waals surface area contributed by atoms with Crippen molar-refractivity contribution in [3.63, 3.8) is 0 Å². The SMILES string of the molecule is C=COCCC[Si](C)(OCCCC)OCCCC. The third kappa shape index (κ3) is 9.68. The van der Waals surface area contributed by atoms with Crippen LogP contribution in [-0.2, 0) is 13.6 Å². The lowest BCUT2D eigenvalue weighted by molar-refractivity contribution is 0.164. The van der Waals surface area contributed by atoms with E-state index in [0.29, 0.717) is 6.61 Å². The largest absolute Gasteiger partial charge is 0.502 e. The van der Waals surface area contributed by atoms with E-state index in [1.807, 2.05) is 0 Å². The Labute approximate surface area is 114 Å². The molecule has 0 aromatic rings. The molecule has 0 heterocycles. The van der Waals surface area contributed by atoms with Crippen molar-refractivity contribution in [3.05, 3.63) is 12.8 Å². The van der Waals surface area contributed by atoms with Gasteiger partial charge in [0.25, 0.3) is 0 Å². The van der Waals surface area contributed by atoms with Crippen LogP contribution in [0.4, 0.5) is 0 Å². The topological polar surface area (TPSA) is 27.7 Å². The molecule has 18 heavy (non-hydrogen) atoms. The summed E-state index contributed by atoms with van der Waals surface area (Å²) in [6.07, 6.45) is 7.03. The van der Waals surface area contributed by atoms with Crippen molar-refractivity contribution in [1.29, 1.82) is 0 Å². The Morgan fingerprint density at radius 3 is 1.94 bits per heavy atom. The molecule has 0 amide bonds. The van der Waals surface area contributed by atoms with Crippen LogP contribution in [0.1, 0.15) is 46.0 Å². The number of hydrogen-bond acceptors (Lipinski definition) is 3. The van der Waals surface area contributed by atoms with Crippen LogP contribution in [0.15, 0.2) is 12.8 Å². The zero-order valence-corrected chi connectivity index (χ0v) is 13.4. The Bertz CT molecular complexity index is 187. The minimum atomic E-state index is -1.99. The molecule has 0 spiro atoms. The van der Waals surface area contributed by atoms with Crippen LogP contribution in [-0.4, -0.2) is 28.4 Å². The Balaban J connectivity index is 3.98. The summed E-state index contributed by atoms with van der Waals surface area (Å²) in [7, 11) is -1.99. The normalized spacial score (nSPS) is 11.5. The lowest BCUT2D eigenvalue weighted by Gasteiger charge is -2.27. The van der Waals surface area contributed by atoms with Crippen LogP contribution >= 0.6 is 0 Å². The van der Waals surface area contributed by atoms with Crippen molar-refractivity contribution in [2.75, 3.05) is 19.8 Å². The molecule has 4 heteroatoms. The summed E-state index contributed by atoms with van der Waals surface area (Å²) in [6, 6.07) is 0.994. The van der Waals surface area contributed by atoms with E-state index in [9.17, 15) is 0 Å². The summed E-state index contributed by atoms with van der Waals surface area (Å²) < 4.78 is 17.2. The van der Waals surface area contributed by atoms with Crippen LogP contribution in [0.2, 0.25) is 12.6 Å². The second-order valence-corrected chi connectivity index (χ2v) is 8.02. The minimum absolute atomic E-state index is 0.709. The first-order valence-corrected chi connectivity index (χ1v) is 9.71. The number of hydrogen-bond donors (Lipinski definition) is 0. The maximum atomic E-state index is 6.03. The molecular weight excluding hydrogens is 244 g/mol. The van der Waals surface area contributed by atoms with E-state index < -0.39 is 8.56 Å². The first kappa shape index (κ1) is 17.7. The van der Waals surface area contributed by atoms with E-state index in [1.165, 1.54) is 19.1 Å². The average Bonchev–Trinajstić information content (AvgIpc) is 2.36. The summed E-state index contributed by atoms with van der Waals surface area (Å²) in [6.45, 7) is 12.4. The molecule has 0 saturated heterocycles. The van der Waals surface area contributed by atoms with E-state index >= 15 is 0 Å². The van der Waals surface area contributed by atoms with Crippen LogP contribution in [0, 0.1) is 0 Å². The first-order valence-electron chi connectivity index (χ1n) is 7.19. The zero-order valence-electron chi connectivity index (χ0n) is 12.4. The molecule has 0 fully saturated rings. The summed E-state index contributed by atoms with van der Waals surface area (Å²) in [5.41, 5.74) is 0. The summed E-state index contributed by atoms with van der Waals surface area (Å²) >= 11 is 0. The summed E-state index contributed by atoms with van der Waals surface area (Å²) in [5.74, 6) is 0. The molecule has 0 radical (unpaired) electrons. The van der Waals surface area contributed by atoms with Gasteiger partial charge in [0, 0.05) is 13.2 Å². The summed E-state index contributed by atoms with van der Waals surface area (Å²) in [5, 5.41) is 0. The smallest absolute Gasteiger partial charge is 0.335 e. The van der Waals surface area contributed by atoms with Crippen molar-refractivity contribution in [3.8, 4) is 0 Å². The van der Waals surface area contributed by atoms with Gasteiger partial charge < -0.3 is 13.6 Å². The molecular formula is C14H30O3Si. The maximum absolute atomic E-state index is 6.03. The van der Waals surface area contributed by atoms with Crippen LogP contribution < -0.4 is 0 Å². The highest BCUT2D eigenvalue weighted by Crippen LogP contribution is 2.17. The Kier molecular flexibility index (Phi) is 11.5. The molecule has 0 aromatic heterocycles. The Morgan fingerprint density at radius 1 is 0.944 bits per heavy atom. The fourth-order valence-corrected chi connectivity index (χ4v) is 3.92. The molecule has 0 atom stereocenters. The van der Waals surface area contributed by atoms with E-state index in [2.05, 4.69) is 27.0 Å². The third-order valence-electron chi connectivity index (χ3n) is 2.82. The molecule has 0 aliphatic rings. The van der Waals surface area contributed by atoms with Crippen molar-refractivity contribution >= 4 is 8.56 Å². The van der Waals surface area contributed by atoms with Crippen molar-refractivity contribution in [2.45, 2.75) is 58.5 Å².